The van der Waals surface area contributed by atoms with Crippen LogP contribution in [-0.2, 0) is 4.57 Å². The third-order valence-electron chi connectivity index (χ3n) is 3.42. The molecule has 0 heterocycles. The van der Waals surface area contributed by atoms with Crippen LogP contribution in [0.15, 0.2) is 36.4 Å². The fourth-order valence-electron chi connectivity index (χ4n) is 2.18. The zero-order valence-electron chi connectivity index (χ0n) is 11.2. The molecular weight excluding hydrogens is 255 g/mol. The molecule has 0 aliphatic rings. The van der Waals surface area contributed by atoms with E-state index in [0.29, 0.717) is 10.9 Å². The lowest BCUT2D eigenvalue weighted by atomic mass is 9.92. The Bertz CT molecular complexity index is 660. The second-order valence-corrected chi connectivity index (χ2v) is 5.30. The maximum atomic E-state index is 12.7. The van der Waals surface area contributed by atoms with Gasteiger partial charge in [0.1, 0.15) is 0 Å². The summed E-state index contributed by atoms with van der Waals surface area (Å²) < 4.78 is 11.1. The molecular formula is C16H15O2P. The fourth-order valence-corrected chi connectivity index (χ4v) is 2.60. The highest BCUT2D eigenvalue weighted by atomic mass is 31.1. The summed E-state index contributed by atoms with van der Waals surface area (Å²) in [5, 5.41) is 0.535. The first-order chi connectivity index (χ1) is 9.06. The highest BCUT2D eigenvalue weighted by Crippen LogP contribution is 2.21. The summed E-state index contributed by atoms with van der Waals surface area (Å²) in [5.74, 6) is -0.0577. The zero-order valence-corrected chi connectivity index (χ0v) is 12.1. The highest BCUT2D eigenvalue weighted by molar-refractivity contribution is 7.34. The van der Waals surface area contributed by atoms with Gasteiger partial charge in [-0.3, -0.25) is 9.36 Å². The van der Waals surface area contributed by atoms with E-state index < -0.39 is 0 Å². The van der Waals surface area contributed by atoms with Crippen molar-refractivity contribution in [2.45, 2.75) is 20.8 Å². The van der Waals surface area contributed by atoms with Crippen molar-refractivity contribution in [3.63, 3.8) is 0 Å². The number of aryl methyl sites for hydroxylation is 2. The molecule has 0 saturated carbocycles. The van der Waals surface area contributed by atoms with Crippen molar-refractivity contribution in [1.29, 1.82) is 0 Å². The van der Waals surface area contributed by atoms with Crippen molar-refractivity contribution < 1.29 is 9.36 Å². The van der Waals surface area contributed by atoms with E-state index in [9.17, 15) is 9.36 Å². The Morgan fingerprint density at radius 1 is 0.947 bits per heavy atom. The normalized spacial score (nSPS) is 10.7. The van der Waals surface area contributed by atoms with Crippen molar-refractivity contribution in [3.8, 4) is 0 Å². The smallest absolute Gasteiger partial charge is 0.194 e. The predicted octanol–water partition coefficient (Wildman–Crippen LogP) is 3.76. The van der Waals surface area contributed by atoms with Gasteiger partial charge in [-0.1, -0.05) is 24.3 Å². The maximum Gasteiger partial charge on any atom is 0.194 e. The van der Waals surface area contributed by atoms with Gasteiger partial charge in [0.15, 0.2) is 14.2 Å². The van der Waals surface area contributed by atoms with Gasteiger partial charge in [-0.05, 0) is 49.6 Å². The molecule has 0 amide bonds. The van der Waals surface area contributed by atoms with Gasteiger partial charge in [-0.2, -0.15) is 0 Å². The van der Waals surface area contributed by atoms with E-state index in [0.717, 1.165) is 22.3 Å². The molecule has 19 heavy (non-hydrogen) atoms. The van der Waals surface area contributed by atoms with E-state index >= 15 is 0 Å². The van der Waals surface area contributed by atoms with E-state index in [1.165, 1.54) is 0 Å². The Kier molecular flexibility index (Phi) is 3.92. The molecule has 2 aromatic carbocycles. The minimum atomic E-state index is -0.125. The third-order valence-corrected chi connectivity index (χ3v) is 4.00. The van der Waals surface area contributed by atoms with Crippen LogP contribution in [0, 0.1) is 20.8 Å². The average Bonchev–Trinajstić information content (AvgIpc) is 2.43. The molecule has 0 unspecified atom stereocenters. The molecule has 2 rings (SSSR count). The summed E-state index contributed by atoms with van der Waals surface area (Å²) in [6, 6.07) is 11.0. The minimum absolute atomic E-state index is 0.0577. The summed E-state index contributed by atoms with van der Waals surface area (Å²) in [5.41, 5.74) is 4.26. The van der Waals surface area contributed by atoms with Gasteiger partial charge in [0.05, 0.1) is 5.30 Å². The highest BCUT2D eigenvalue weighted by Gasteiger charge is 2.18. The molecule has 0 atom stereocenters. The lowest BCUT2D eigenvalue weighted by Gasteiger charge is -2.12. The molecule has 0 fully saturated rings. The number of carbonyl (C=O) groups excluding carboxylic acids is 1. The molecule has 0 N–H and O–H groups in total. The lowest BCUT2D eigenvalue weighted by Crippen LogP contribution is -2.14. The van der Waals surface area contributed by atoms with Crippen LogP contribution in [-0.4, -0.2) is 5.78 Å². The quantitative estimate of drug-likeness (QED) is 0.628. The van der Waals surface area contributed by atoms with Crippen LogP contribution >= 0.6 is 8.46 Å². The number of rotatable bonds is 3. The van der Waals surface area contributed by atoms with Crippen LogP contribution in [0.5, 0.6) is 0 Å². The Morgan fingerprint density at radius 3 is 2.26 bits per heavy atom. The van der Waals surface area contributed by atoms with E-state index in [1.54, 1.807) is 24.3 Å². The number of benzene rings is 2. The van der Waals surface area contributed by atoms with Crippen LogP contribution in [0.25, 0.3) is 0 Å². The molecule has 0 aliphatic heterocycles. The summed E-state index contributed by atoms with van der Waals surface area (Å²) in [7, 11) is -0.125. The minimum Gasteiger partial charge on any atom is -0.289 e. The maximum absolute atomic E-state index is 12.7. The van der Waals surface area contributed by atoms with Crippen molar-refractivity contribution in [2.24, 2.45) is 0 Å². The largest absolute Gasteiger partial charge is 0.289 e. The van der Waals surface area contributed by atoms with E-state index in [-0.39, 0.29) is 14.2 Å². The van der Waals surface area contributed by atoms with Crippen molar-refractivity contribution in [3.05, 3.63) is 64.2 Å². The Morgan fingerprint density at radius 2 is 1.58 bits per heavy atom. The standard InChI is InChI=1S/C16H15O2P/c1-10-8-9-11(2)15(12(10)3)16(17)13-6-4-5-7-14(13)19-18/h4-9H,1-3H3. The molecule has 0 spiro atoms. The SMILES string of the molecule is Cc1ccc(C)c(C(=O)c2ccccc2P=O)c1C. The number of carbonyl (C=O) groups is 1. The first-order valence-corrected chi connectivity index (χ1v) is 6.91. The average molecular weight is 270 g/mol. The van der Waals surface area contributed by atoms with Crippen LogP contribution in [0.2, 0.25) is 0 Å². The molecule has 0 radical (unpaired) electrons. The van der Waals surface area contributed by atoms with Gasteiger partial charge in [0, 0.05) is 11.1 Å². The van der Waals surface area contributed by atoms with Crippen molar-refractivity contribution in [1.82, 2.24) is 0 Å². The van der Waals surface area contributed by atoms with Gasteiger partial charge in [-0.25, -0.2) is 0 Å². The zero-order chi connectivity index (χ0) is 14.0. The summed E-state index contributed by atoms with van der Waals surface area (Å²) in [6.45, 7) is 5.87. The van der Waals surface area contributed by atoms with E-state index in [4.69, 9.17) is 0 Å². The second-order valence-electron chi connectivity index (χ2n) is 4.64. The van der Waals surface area contributed by atoms with Crippen molar-refractivity contribution in [2.75, 3.05) is 0 Å². The molecule has 0 bridgehead atoms. The van der Waals surface area contributed by atoms with E-state index in [1.807, 2.05) is 32.9 Å². The molecule has 0 aromatic heterocycles. The molecule has 2 nitrogen and oxygen atoms in total. The first kappa shape index (κ1) is 13.6. The number of hydrogen-bond donors (Lipinski definition) is 0. The fraction of sp³-hybridized carbons (Fsp3) is 0.188. The topological polar surface area (TPSA) is 34.1 Å². The Labute approximate surface area is 114 Å². The van der Waals surface area contributed by atoms with Crippen molar-refractivity contribution >= 4 is 19.5 Å². The molecule has 0 aliphatic carbocycles. The summed E-state index contributed by atoms with van der Waals surface area (Å²) >= 11 is 0. The first-order valence-electron chi connectivity index (χ1n) is 6.10. The van der Waals surface area contributed by atoms with Crippen LogP contribution < -0.4 is 5.30 Å². The molecule has 0 saturated heterocycles. The lowest BCUT2D eigenvalue weighted by molar-refractivity contribution is 0.103. The van der Waals surface area contributed by atoms with Gasteiger partial charge in [0.2, 0.25) is 0 Å². The number of ketones is 1. The molecule has 96 valence electrons. The third kappa shape index (κ3) is 2.50. The van der Waals surface area contributed by atoms with Crippen LogP contribution in [0.4, 0.5) is 0 Å². The predicted molar refractivity (Wildman–Crippen MR) is 77.8 cm³/mol. The van der Waals surface area contributed by atoms with Crippen LogP contribution in [0.1, 0.15) is 32.6 Å². The summed E-state index contributed by atoms with van der Waals surface area (Å²) in [6.07, 6.45) is 0. The Balaban J connectivity index is 2.63. The second kappa shape index (κ2) is 5.46. The number of hydrogen-bond acceptors (Lipinski definition) is 2. The van der Waals surface area contributed by atoms with Gasteiger partial charge in [-0.15, -0.1) is 0 Å². The van der Waals surface area contributed by atoms with Gasteiger partial charge < -0.3 is 0 Å². The molecule has 3 heteroatoms. The Hall–Kier alpha value is -1.79. The van der Waals surface area contributed by atoms with Gasteiger partial charge in [0.25, 0.3) is 0 Å². The summed E-state index contributed by atoms with van der Waals surface area (Å²) in [4.78, 5) is 12.7. The monoisotopic (exact) mass is 270 g/mol. The van der Waals surface area contributed by atoms with Crippen LogP contribution in [0.3, 0.4) is 0 Å². The molecule has 2 aromatic rings. The van der Waals surface area contributed by atoms with Gasteiger partial charge >= 0.3 is 0 Å². The van der Waals surface area contributed by atoms with E-state index in [2.05, 4.69) is 0 Å².